The van der Waals surface area contributed by atoms with Crippen molar-refractivity contribution >= 4 is 58.2 Å². The second-order valence-electron chi connectivity index (χ2n) is 5.21. The predicted molar refractivity (Wildman–Crippen MR) is 99.8 cm³/mol. The molecule has 0 spiro atoms. The summed E-state index contributed by atoms with van der Waals surface area (Å²) in [5.41, 5.74) is 0.719. The number of hydrogen-bond donors (Lipinski definition) is 2. The molecule has 9 heteroatoms. The lowest BCUT2D eigenvalue weighted by Crippen LogP contribution is -2.16. The van der Waals surface area contributed by atoms with Crippen molar-refractivity contribution in [2.24, 2.45) is 0 Å². The Balaban J connectivity index is 2.05. The molecule has 2 N–H and O–H groups in total. The number of amides is 1. The summed E-state index contributed by atoms with van der Waals surface area (Å²) < 4.78 is 0. The zero-order valence-electron chi connectivity index (χ0n) is 12.8. The summed E-state index contributed by atoms with van der Waals surface area (Å²) in [6.45, 7) is 3.88. The Morgan fingerprint density at radius 2 is 1.88 bits per heavy atom. The van der Waals surface area contributed by atoms with Gasteiger partial charge in [0.05, 0.1) is 27.2 Å². The second kappa shape index (κ2) is 8.25. The van der Waals surface area contributed by atoms with Crippen LogP contribution < -0.4 is 10.9 Å². The Morgan fingerprint density at radius 3 is 2.46 bits per heavy atom. The molecule has 2 aromatic rings. The first-order chi connectivity index (χ1) is 11.3. The number of anilines is 1. The van der Waals surface area contributed by atoms with Gasteiger partial charge < -0.3 is 10.3 Å². The van der Waals surface area contributed by atoms with Gasteiger partial charge in [-0.2, -0.15) is 0 Å². The standard InChI is InChI=1S/C15H14Cl3N3O2S/c1-7(2)11-5-12(22)21-15(19-11)24-6-13(23)20-14-9(17)3-8(16)4-10(14)18/h3-5,7H,6H2,1-2H3,(H,20,23)(H,19,21,22). The quantitative estimate of drug-likeness (QED) is 0.563. The third-order valence-electron chi connectivity index (χ3n) is 2.94. The number of thioether (sulfide) groups is 1. The largest absolute Gasteiger partial charge is 0.323 e. The Labute approximate surface area is 158 Å². The van der Waals surface area contributed by atoms with Crippen molar-refractivity contribution in [3.05, 3.63) is 49.3 Å². The Bertz CT molecular complexity index is 801. The van der Waals surface area contributed by atoms with E-state index in [1.54, 1.807) is 0 Å². The molecule has 0 unspecified atom stereocenters. The summed E-state index contributed by atoms with van der Waals surface area (Å²) in [4.78, 5) is 30.6. The molecule has 0 bridgehead atoms. The summed E-state index contributed by atoms with van der Waals surface area (Å²) in [6, 6.07) is 4.42. The molecule has 0 aliphatic carbocycles. The molecule has 0 saturated heterocycles. The van der Waals surface area contributed by atoms with Crippen LogP contribution in [-0.2, 0) is 4.79 Å². The number of H-pyrrole nitrogens is 1. The van der Waals surface area contributed by atoms with E-state index in [4.69, 9.17) is 34.8 Å². The number of carbonyl (C=O) groups is 1. The highest BCUT2D eigenvalue weighted by molar-refractivity contribution is 7.99. The van der Waals surface area contributed by atoms with E-state index in [-0.39, 0.29) is 33.2 Å². The molecule has 0 radical (unpaired) electrons. The van der Waals surface area contributed by atoms with Crippen LogP contribution in [0.25, 0.3) is 0 Å². The fourth-order valence-corrected chi connectivity index (χ4v) is 3.38. The maximum absolute atomic E-state index is 12.1. The Kier molecular flexibility index (Phi) is 6.57. The number of aromatic amines is 1. The zero-order chi connectivity index (χ0) is 17.9. The highest BCUT2D eigenvalue weighted by Crippen LogP contribution is 2.33. The lowest BCUT2D eigenvalue weighted by Gasteiger charge is -2.10. The first kappa shape index (κ1) is 19.1. The van der Waals surface area contributed by atoms with Gasteiger partial charge in [0.1, 0.15) is 0 Å². The third kappa shape index (κ3) is 5.14. The van der Waals surface area contributed by atoms with Crippen LogP contribution in [0.4, 0.5) is 5.69 Å². The Hall–Kier alpha value is -1.21. The molecule has 0 aliphatic heterocycles. The van der Waals surface area contributed by atoms with E-state index in [1.807, 2.05) is 13.8 Å². The van der Waals surface area contributed by atoms with Gasteiger partial charge in [-0.05, 0) is 18.1 Å². The smallest absolute Gasteiger partial charge is 0.251 e. The van der Waals surface area contributed by atoms with E-state index in [2.05, 4.69) is 15.3 Å². The second-order valence-corrected chi connectivity index (χ2v) is 7.43. The molecule has 2 rings (SSSR count). The highest BCUT2D eigenvalue weighted by atomic mass is 35.5. The van der Waals surface area contributed by atoms with Crippen molar-refractivity contribution in [3.63, 3.8) is 0 Å². The maximum Gasteiger partial charge on any atom is 0.251 e. The third-order valence-corrected chi connectivity index (χ3v) is 4.63. The molecule has 0 aliphatic rings. The SMILES string of the molecule is CC(C)c1cc(=O)[nH]c(SCC(=O)Nc2c(Cl)cc(Cl)cc2Cl)n1. The summed E-state index contributed by atoms with van der Waals surface area (Å²) >= 11 is 19.0. The summed E-state index contributed by atoms with van der Waals surface area (Å²) in [6.07, 6.45) is 0. The number of hydrogen-bond acceptors (Lipinski definition) is 4. The van der Waals surface area contributed by atoms with Crippen molar-refractivity contribution in [1.29, 1.82) is 0 Å². The van der Waals surface area contributed by atoms with Gasteiger partial charge in [0.2, 0.25) is 5.91 Å². The van der Waals surface area contributed by atoms with Crippen molar-refractivity contribution in [3.8, 4) is 0 Å². The van der Waals surface area contributed by atoms with Crippen molar-refractivity contribution in [2.75, 3.05) is 11.1 Å². The van der Waals surface area contributed by atoms with Gasteiger partial charge in [-0.15, -0.1) is 0 Å². The number of benzene rings is 1. The first-order valence-corrected chi connectivity index (χ1v) is 9.06. The van der Waals surface area contributed by atoms with Gasteiger partial charge in [-0.1, -0.05) is 60.4 Å². The van der Waals surface area contributed by atoms with Crippen molar-refractivity contribution in [1.82, 2.24) is 9.97 Å². The number of rotatable bonds is 5. The van der Waals surface area contributed by atoms with E-state index in [0.29, 0.717) is 21.6 Å². The monoisotopic (exact) mass is 405 g/mol. The summed E-state index contributed by atoms with van der Waals surface area (Å²) in [7, 11) is 0. The summed E-state index contributed by atoms with van der Waals surface area (Å²) in [5, 5.41) is 3.89. The van der Waals surface area contributed by atoms with Gasteiger partial charge in [-0.25, -0.2) is 4.98 Å². The van der Waals surface area contributed by atoms with Gasteiger partial charge in [0.15, 0.2) is 5.16 Å². The fourth-order valence-electron chi connectivity index (χ4n) is 1.79. The Morgan fingerprint density at radius 1 is 1.25 bits per heavy atom. The minimum atomic E-state index is -0.330. The van der Waals surface area contributed by atoms with Crippen LogP contribution in [0.1, 0.15) is 25.5 Å². The molecule has 1 aromatic carbocycles. The van der Waals surface area contributed by atoms with Crippen molar-refractivity contribution in [2.45, 2.75) is 24.9 Å². The van der Waals surface area contributed by atoms with E-state index in [9.17, 15) is 9.59 Å². The average Bonchev–Trinajstić information content (AvgIpc) is 2.48. The van der Waals surface area contributed by atoms with Crippen LogP contribution in [-0.4, -0.2) is 21.6 Å². The van der Waals surface area contributed by atoms with Crippen LogP contribution in [0.2, 0.25) is 15.1 Å². The normalized spacial score (nSPS) is 10.9. The van der Waals surface area contributed by atoms with Crippen LogP contribution in [0.3, 0.4) is 0 Å². The van der Waals surface area contributed by atoms with E-state index < -0.39 is 0 Å². The number of nitrogens with zero attached hydrogens (tertiary/aromatic N) is 1. The number of nitrogens with one attached hydrogen (secondary N) is 2. The molecular formula is C15H14Cl3N3O2S. The molecule has 0 atom stereocenters. The van der Waals surface area contributed by atoms with Gasteiger partial charge in [0, 0.05) is 11.1 Å². The minimum Gasteiger partial charge on any atom is -0.323 e. The predicted octanol–water partition coefficient (Wildman–Crippen LogP) is 4.58. The molecule has 1 aromatic heterocycles. The van der Waals surface area contributed by atoms with Crippen LogP contribution in [0, 0.1) is 0 Å². The molecule has 5 nitrogen and oxygen atoms in total. The highest BCUT2D eigenvalue weighted by Gasteiger charge is 2.13. The lowest BCUT2D eigenvalue weighted by molar-refractivity contribution is -0.113. The maximum atomic E-state index is 12.1. The average molecular weight is 407 g/mol. The molecule has 24 heavy (non-hydrogen) atoms. The molecule has 0 saturated carbocycles. The fraction of sp³-hybridized carbons (Fsp3) is 0.267. The minimum absolute atomic E-state index is 0.0414. The van der Waals surface area contributed by atoms with Crippen LogP contribution >= 0.6 is 46.6 Å². The van der Waals surface area contributed by atoms with Gasteiger partial charge in [0.25, 0.3) is 5.56 Å². The van der Waals surface area contributed by atoms with E-state index in [1.165, 1.54) is 18.2 Å². The zero-order valence-corrected chi connectivity index (χ0v) is 15.9. The first-order valence-electron chi connectivity index (χ1n) is 6.94. The lowest BCUT2D eigenvalue weighted by atomic mass is 10.1. The van der Waals surface area contributed by atoms with Crippen LogP contribution in [0.15, 0.2) is 28.2 Å². The molecule has 1 amide bonds. The molecule has 0 fully saturated rings. The van der Waals surface area contributed by atoms with E-state index >= 15 is 0 Å². The number of aromatic nitrogens is 2. The number of halogens is 3. The molecule has 128 valence electrons. The molecule has 1 heterocycles. The van der Waals surface area contributed by atoms with E-state index in [0.717, 1.165) is 11.8 Å². The number of carbonyl (C=O) groups excluding carboxylic acids is 1. The van der Waals surface area contributed by atoms with Crippen LogP contribution in [0.5, 0.6) is 0 Å². The molecular weight excluding hydrogens is 393 g/mol. The van der Waals surface area contributed by atoms with Crippen molar-refractivity contribution < 1.29 is 4.79 Å². The van der Waals surface area contributed by atoms with Gasteiger partial charge >= 0.3 is 0 Å². The van der Waals surface area contributed by atoms with Gasteiger partial charge in [-0.3, -0.25) is 9.59 Å². The summed E-state index contributed by atoms with van der Waals surface area (Å²) in [5.74, 6) is -0.171. The topological polar surface area (TPSA) is 74.8 Å².